The summed E-state index contributed by atoms with van der Waals surface area (Å²) in [5, 5.41) is 14.1. The normalized spacial score (nSPS) is 19.7. The zero-order valence-electron chi connectivity index (χ0n) is 9.10. The molecule has 86 valence electrons. The minimum Gasteiger partial charge on any atom is -0.376 e. The van der Waals surface area contributed by atoms with Gasteiger partial charge in [-0.05, 0) is 30.7 Å². The van der Waals surface area contributed by atoms with Crippen LogP contribution in [0.15, 0.2) is 18.2 Å². The van der Waals surface area contributed by atoms with Gasteiger partial charge in [-0.1, -0.05) is 6.07 Å². The van der Waals surface area contributed by atoms with E-state index in [-0.39, 0.29) is 10.6 Å². The van der Waals surface area contributed by atoms with Gasteiger partial charge in [0.2, 0.25) is 0 Å². The number of aryl methyl sites for hydroxylation is 1. The second-order valence-corrected chi connectivity index (χ2v) is 5.13. The predicted molar refractivity (Wildman–Crippen MR) is 67.2 cm³/mol. The van der Waals surface area contributed by atoms with Crippen molar-refractivity contribution >= 4 is 23.1 Å². The Balaban J connectivity index is 2.22. The lowest BCUT2D eigenvalue weighted by Crippen LogP contribution is -2.18. The van der Waals surface area contributed by atoms with E-state index in [2.05, 4.69) is 5.32 Å². The lowest BCUT2D eigenvalue weighted by atomic mass is 10.1. The van der Waals surface area contributed by atoms with Gasteiger partial charge < -0.3 is 5.32 Å². The summed E-state index contributed by atoms with van der Waals surface area (Å²) in [6, 6.07) is 5.55. The van der Waals surface area contributed by atoms with Crippen molar-refractivity contribution in [1.82, 2.24) is 0 Å². The fourth-order valence-corrected chi connectivity index (χ4v) is 2.95. The number of nitrogens with zero attached hydrogens (tertiary/aromatic N) is 1. The van der Waals surface area contributed by atoms with Gasteiger partial charge in [-0.25, -0.2) is 0 Å². The van der Waals surface area contributed by atoms with Crippen molar-refractivity contribution in [2.75, 3.05) is 16.8 Å². The molecule has 0 aliphatic carbocycles. The number of hydrogen-bond acceptors (Lipinski definition) is 4. The Bertz CT molecular complexity index is 403. The van der Waals surface area contributed by atoms with E-state index in [9.17, 15) is 10.1 Å². The second-order valence-electron chi connectivity index (χ2n) is 3.98. The monoisotopic (exact) mass is 238 g/mol. The van der Waals surface area contributed by atoms with Gasteiger partial charge in [0, 0.05) is 17.9 Å². The molecule has 1 N–H and O–H groups in total. The van der Waals surface area contributed by atoms with Crippen molar-refractivity contribution in [2.24, 2.45) is 0 Å². The minimum absolute atomic E-state index is 0.169. The number of nitrogens with one attached hydrogen (secondary N) is 1. The SMILES string of the molecule is Cc1ccc([N+](=O)[O-])c(NC2CCSC2)c1. The quantitative estimate of drug-likeness (QED) is 0.650. The molecule has 1 aliphatic heterocycles. The van der Waals surface area contributed by atoms with Crippen LogP contribution in [0.4, 0.5) is 11.4 Å². The number of rotatable bonds is 3. The van der Waals surface area contributed by atoms with Gasteiger partial charge in [-0.15, -0.1) is 0 Å². The maximum atomic E-state index is 10.9. The lowest BCUT2D eigenvalue weighted by molar-refractivity contribution is -0.384. The first-order valence-electron chi connectivity index (χ1n) is 5.26. The fourth-order valence-electron chi connectivity index (χ4n) is 1.79. The second kappa shape index (κ2) is 4.74. The largest absolute Gasteiger partial charge is 0.376 e. The molecule has 1 aromatic carbocycles. The Hall–Kier alpha value is -1.23. The first-order chi connectivity index (χ1) is 7.66. The van der Waals surface area contributed by atoms with Gasteiger partial charge in [0.25, 0.3) is 5.69 Å². The van der Waals surface area contributed by atoms with Crippen molar-refractivity contribution in [2.45, 2.75) is 19.4 Å². The molecule has 1 unspecified atom stereocenters. The molecule has 1 aliphatic rings. The zero-order valence-corrected chi connectivity index (χ0v) is 9.92. The van der Waals surface area contributed by atoms with Gasteiger partial charge in [-0.3, -0.25) is 10.1 Å². The van der Waals surface area contributed by atoms with E-state index in [0.717, 1.165) is 23.5 Å². The molecule has 2 rings (SSSR count). The van der Waals surface area contributed by atoms with Gasteiger partial charge in [-0.2, -0.15) is 11.8 Å². The molecule has 4 nitrogen and oxygen atoms in total. The lowest BCUT2D eigenvalue weighted by Gasteiger charge is -2.13. The molecule has 16 heavy (non-hydrogen) atoms. The van der Waals surface area contributed by atoms with Gasteiger partial charge in [0.1, 0.15) is 5.69 Å². The van der Waals surface area contributed by atoms with E-state index in [4.69, 9.17) is 0 Å². The van der Waals surface area contributed by atoms with Crippen LogP contribution in [-0.2, 0) is 0 Å². The molecule has 5 heteroatoms. The van der Waals surface area contributed by atoms with Crippen LogP contribution in [0.2, 0.25) is 0 Å². The molecular weight excluding hydrogens is 224 g/mol. The van der Waals surface area contributed by atoms with E-state index in [1.54, 1.807) is 12.1 Å². The summed E-state index contributed by atoms with van der Waals surface area (Å²) in [6.07, 6.45) is 1.08. The first kappa shape index (κ1) is 11.3. The smallest absolute Gasteiger partial charge is 0.292 e. The molecule has 0 bridgehead atoms. The van der Waals surface area contributed by atoms with Crippen LogP contribution in [0.3, 0.4) is 0 Å². The Labute approximate surface area is 98.6 Å². The summed E-state index contributed by atoms with van der Waals surface area (Å²) in [5.74, 6) is 2.17. The van der Waals surface area contributed by atoms with Gasteiger partial charge >= 0.3 is 0 Å². The number of hydrogen-bond donors (Lipinski definition) is 1. The standard InChI is InChI=1S/C11H14N2O2S/c1-8-2-3-11(13(14)15)10(6-8)12-9-4-5-16-7-9/h2-3,6,9,12H,4-5,7H2,1H3. The van der Waals surface area contributed by atoms with E-state index >= 15 is 0 Å². The van der Waals surface area contributed by atoms with Crippen molar-refractivity contribution in [3.05, 3.63) is 33.9 Å². The number of nitro benzene ring substituents is 1. The van der Waals surface area contributed by atoms with E-state index in [0.29, 0.717) is 11.7 Å². The highest BCUT2D eigenvalue weighted by molar-refractivity contribution is 7.99. The molecule has 0 radical (unpaired) electrons. The van der Waals surface area contributed by atoms with Gasteiger partial charge in [0.05, 0.1) is 4.92 Å². The summed E-state index contributed by atoms with van der Waals surface area (Å²) in [5.41, 5.74) is 1.86. The van der Waals surface area contributed by atoms with Crippen LogP contribution in [-0.4, -0.2) is 22.5 Å². The molecule has 1 heterocycles. The van der Waals surface area contributed by atoms with Crippen molar-refractivity contribution in [1.29, 1.82) is 0 Å². The highest BCUT2D eigenvalue weighted by Gasteiger charge is 2.20. The molecule has 0 amide bonds. The van der Waals surface area contributed by atoms with Crippen LogP contribution in [0.5, 0.6) is 0 Å². The van der Waals surface area contributed by atoms with Crippen LogP contribution < -0.4 is 5.32 Å². The zero-order chi connectivity index (χ0) is 11.5. The van der Waals surface area contributed by atoms with Gasteiger partial charge in [0.15, 0.2) is 0 Å². The Kier molecular flexibility index (Phi) is 3.33. The maximum absolute atomic E-state index is 10.9. The number of thioether (sulfide) groups is 1. The fraction of sp³-hybridized carbons (Fsp3) is 0.455. The first-order valence-corrected chi connectivity index (χ1v) is 6.41. The van der Waals surface area contributed by atoms with Crippen molar-refractivity contribution in [3.63, 3.8) is 0 Å². The Morgan fingerprint density at radius 3 is 3.00 bits per heavy atom. The summed E-state index contributed by atoms with van der Waals surface area (Å²) in [4.78, 5) is 10.5. The average Bonchev–Trinajstić information content (AvgIpc) is 2.70. The molecule has 0 spiro atoms. The van der Waals surface area contributed by atoms with E-state index < -0.39 is 0 Å². The Morgan fingerprint density at radius 1 is 1.56 bits per heavy atom. The molecule has 0 aromatic heterocycles. The molecule has 1 aromatic rings. The van der Waals surface area contributed by atoms with Crippen molar-refractivity contribution < 1.29 is 4.92 Å². The van der Waals surface area contributed by atoms with Crippen LogP contribution >= 0.6 is 11.8 Å². The topological polar surface area (TPSA) is 55.2 Å². The molecule has 0 saturated carbocycles. The average molecular weight is 238 g/mol. The highest BCUT2D eigenvalue weighted by Crippen LogP contribution is 2.28. The summed E-state index contributed by atoms with van der Waals surface area (Å²) in [7, 11) is 0. The summed E-state index contributed by atoms with van der Waals surface area (Å²) in [6.45, 7) is 1.94. The molecular formula is C11H14N2O2S. The highest BCUT2D eigenvalue weighted by atomic mass is 32.2. The molecule has 1 fully saturated rings. The van der Waals surface area contributed by atoms with Crippen LogP contribution in [0, 0.1) is 17.0 Å². The van der Waals surface area contributed by atoms with Crippen LogP contribution in [0.25, 0.3) is 0 Å². The van der Waals surface area contributed by atoms with Crippen molar-refractivity contribution in [3.8, 4) is 0 Å². The summed E-state index contributed by atoms with van der Waals surface area (Å²) < 4.78 is 0. The maximum Gasteiger partial charge on any atom is 0.292 e. The third-order valence-electron chi connectivity index (χ3n) is 2.64. The summed E-state index contributed by atoms with van der Waals surface area (Å²) >= 11 is 1.89. The minimum atomic E-state index is -0.329. The number of nitro groups is 1. The third-order valence-corrected chi connectivity index (χ3v) is 3.80. The third kappa shape index (κ3) is 2.47. The Morgan fingerprint density at radius 2 is 2.38 bits per heavy atom. The van der Waals surface area contributed by atoms with E-state index in [1.165, 1.54) is 0 Å². The van der Waals surface area contributed by atoms with Crippen LogP contribution in [0.1, 0.15) is 12.0 Å². The molecule has 1 atom stereocenters. The predicted octanol–water partition coefficient (Wildman–Crippen LogP) is 2.82. The molecule has 1 saturated heterocycles. The van der Waals surface area contributed by atoms with E-state index in [1.807, 2.05) is 24.8 Å². The number of anilines is 1. The number of benzene rings is 1.